The number of rotatable bonds is 1. The number of amides is 1. The molecule has 2 rings (SSSR count). The van der Waals surface area contributed by atoms with Gasteiger partial charge in [0.2, 0.25) is 0 Å². The largest absolute Gasteiger partial charge is 0.422 e. The molecule has 0 aliphatic heterocycles. The summed E-state index contributed by atoms with van der Waals surface area (Å²) < 4.78 is 4.97. The molecule has 86 valence electrons. The molecule has 0 fully saturated rings. The van der Waals surface area contributed by atoms with Crippen LogP contribution in [-0.2, 0) is 0 Å². The molecule has 0 aliphatic rings. The summed E-state index contributed by atoms with van der Waals surface area (Å²) in [6.07, 6.45) is 0. The van der Waals surface area contributed by atoms with E-state index in [0.717, 1.165) is 0 Å². The van der Waals surface area contributed by atoms with Crippen LogP contribution in [0.2, 0.25) is 0 Å². The summed E-state index contributed by atoms with van der Waals surface area (Å²) in [5.74, 6) is -1.22. The Morgan fingerprint density at radius 3 is 2.65 bits per heavy atom. The van der Waals surface area contributed by atoms with E-state index in [-0.39, 0.29) is 5.56 Å². The number of nitrogens with zero attached hydrogens (tertiary/aromatic N) is 1. The van der Waals surface area contributed by atoms with Gasteiger partial charge in [0, 0.05) is 5.39 Å². The van der Waals surface area contributed by atoms with E-state index < -0.39 is 17.5 Å². The Morgan fingerprint density at radius 1 is 1.24 bits per heavy atom. The maximum absolute atomic E-state index is 11.5. The molecule has 0 radical (unpaired) electrons. The van der Waals surface area contributed by atoms with Crippen LogP contribution in [-0.4, -0.2) is 11.9 Å². The molecule has 1 aromatic heterocycles. The molecule has 0 spiro atoms. The Morgan fingerprint density at radius 2 is 1.94 bits per heavy atom. The molecule has 0 unspecified atom stereocenters. The minimum absolute atomic E-state index is 0.197. The summed E-state index contributed by atoms with van der Waals surface area (Å²) in [5.41, 5.74) is 9.57. The minimum atomic E-state index is -0.815. The van der Waals surface area contributed by atoms with Gasteiger partial charge in [0.25, 0.3) is 5.91 Å². The van der Waals surface area contributed by atoms with Crippen LogP contribution in [0.25, 0.3) is 11.0 Å². The highest BCUT2D eigenvalue weighted by Crippen LogP contribution is 2.12. The molecule has 1 aromatic carbocycles. The lowest BCUT2D eigenvalue weighted by molar-refractivity contribution is 0.0999. The summed E-state index contributed by atoms with van der Waals surface area (Å²) in [7, 11) is 0. The maximum atomic E-state index is 11.5. The zero-order valence-electron chi connectivity index (χ0n) is 8.71. The van der Waals surface area contributed by atoms with Crippen LogP contribution in [0.3, 0.4) is 0 Å². The van der Waals surface area contributed by atoms with Crippen molar-refractivity contribution in [3.8, 4) is 0 Å². The Balaban J connectivity index is 2.63. The third-order valence-electron chi connectivity index (χ3n) is 2.10. The van der Waals surface area contributed by atoms with Gasteiger partial charge in [-0.25, -0.2) is 4.79 Å². The molecule has 6 heteroatoms. The zero-order chi connectivity index (χ0) is 12.4. The van der Waals surface area contributed by atoms with Gasteiger partial charge in [-0.2, -0.15) is 4.99 Å². The zero-order valence-corrected chi connectivity index (χ0v) is 8.71. The summed E-state index contributed by atoms with van der Waals surface area (Å²) in [5, 5.41) is 0.626. The fourth-order valence-electron chi connectivity index (χ4n) is 1.39. The first kappa shape index (κ1) is 10.9. The van der Waals surface area contributed by atoms with E-state index in [2.05, 4.69) is 4.99 Å². The predicted octanol–water partition coefficient (Wildman–Crippen LogP) is 0.207. The smallest absolute Gasteiger partial charge is 0.349 e. The van der Waals surface area contributed by atoms with Crippen molar-refractivity contribution in [2.45, 2.75) is 0 Å². The Hall–Kier alpha value is -2.63. The van der Waals surface area contributed by atoms with Crippen molar-refractivity contribution in [1.82, 2.24) is 0 Å². The van der Waals surface area contributed by atoms with E-state index in [1.165, 1.54) is 6.07 Å². The molecule has 2 aromatic rings. The fourth-order valence-corrected chi connectivity index (χ4v) is 1.39. The van der Waals surface area contributed by atoms with Gasteiger partial charge in [-0.15, -0.1) is 0 Å². The first-order valence-electron chi connectivity index (χ1n) is 4.75. The number of benzene rings is 1. The molecular formula is C11H9N3O3. The summed E-state index contributed by atoms with van der Waals surface area (Å²) in [6.45, 7) is 0. The quantitative estimate of drug-likeness (QED) is 0.414. The van der Waals surface area contributed by atoms with Crippen LogP contribution in [0.15, 0.2) is 44.5 Å². The molecule has 1 heterocycles. The van der Waals surface area contributed by atoms with Crippen molar-refractivity contribution in [2.75, 3.05) is 0 Å². The van der Waals surface area contributed by atoms with Crippen LogP contribution in [0.1, 0.15) is 10.4 Å². The molecule has 0 saturated carbocycles. The van der Waals surface area contributed by atoms with Gasteiger partial charge in [0.05, 0.1) is 0 Å². The van der Waals surface area contributed by atoms with Crippen LogP contribution < -0.4 is 17.1 Å². The lowest BCUT2D eigenvalue weighted by Gasteiger charge is -1.98. The summed E-state index contributed by atoms with van der Waals surface area (Å²) in [6, 6.07) is 8.23. The molecule has 0 bridgehead atoms. The van der Waals surface area contributed by atoms with Crippen LogP contribution >= 0.6 is 0 Å². The molecule has 0 aliphatic carbocycles. The highest BCUT2D eigenvalue weighted by atomic mass is 16.4. The van der Waals surface area contributed by atoms with E-state index in [1.54, 1.807) is 24.3 Å². The van der Waals surface area contributed by atoms with Crippen molar-refractivity contribution >= 4 is 22.8 Å². The number of carbonyl (C=O) groups is 1. The Bertz CT molecular complexity index is 669. The lowest BCUT2D eigenvalue weighted by atomic mass is 10.2. The number of aliphatic imine (C=N–C) groups is 1. The van der Waals surface area contributed by atoms with E-state index in [1.807, 2.05) is 0 Å². The van der Waals surface area contributed by atoms with Crippen molar-refractivity contribution in [3.63, 3.8) is 0 Å². The van der Waals surface area contributed by atoms with Crippen LogP contribution in [0.4, 0.5) is 0 Å². The van der Waals surface area contributed by atoms with Gasteiger partial charge >= 0.3 is 5.63 Å². The van der Waals surface area contributed by atoms with Gasteiger partial charge in [0.15, 0.2) is 5.96 Å². The second-order valence-corrected chi connectivity index (χ2v) is 3.33. The number of nitrogens with two attached hydrogens (primary N) is 2. The molecule has 0 saturated heterocycles. The van der Waals surface area contributed by atoms with Crippen LogP contribution in [0, 0.1) is 0 Å². The monoisotopic (exact) mass is 231 g/mol. The van der Waals surface area contributed by atoms with E-state index in [4.69, 9.17) is 15.9 Å². The summed E-state index contributed by atoms with van der Waals surface area (Å²) >= 11 is 0. The molecule has 4 N–H and O–H groups in total. The van der Waals surface area contributed by atoms with Gasteiger partial charge in [0.1, 0.15) is 11.1 Å². The molecular weight excluding hydrogens is 222 g/mol. The topological polar surface area (TPSA) is 112 Å². The van der Waals surface area contributed by atoms with E-state index >= 15 is 0 Å². The molecule has 17 heavy (non-hydrogen) atoms. The number of hydrogen-bond acceptors (Lipinski definition) is 3. The Kier molecular flexibility index (Phi) is 2.61. The third kappa shape index (κ3) is 2.15. The van der Waals surface area contributed by atoms with Gasteiger partial charge in [-0.1, -0.05) is 18.2 Å². The van der Waals surface area contributed by atoms with Gasteiger partial charge in [-0.3, -0.25) is 4.79 Å². The Labute approximate surface area is 95.5 Å². The first-order chi connectivity index (χ1) is 8.08. The average Bonchev–Trinajstić information content (AvgIpc) is 2.27. The number of para-hydroxylation sites is 1. The van der Waals surface area contributed by atoms with Gasteiger partial charge in [-0.05, 0) is 12.1 Å². The second kappa shape index (κ2) is 4.09. The van der Waals surface area contributed by atoms with Crippen molar-refractivity contribution < 1.29 is 9.21 Å². The fraction of sp³-hybridized carbons (Fsp3) is 0. The van der Waals surface area contributed by atoms with Gasteiger partial charge < -0.3 is 15.9 Å². The van der Waals surface area contributed by atoms with E-state index in [9.17, 15) is 9.59 Å². The number of guanidine groups is 1. The van der Waals surface area contributed by atoms with Crippen molar-refractivity contribution in [2.24, 2.45) is 16.5 Å². The minimum Gasteiger partial charge on any atom is -0.422 e. The van der Waals surface area contributed by atoms with Crippen molar-refractivity contribution in [3.05, 3.63) is 46.3 Å². The lowest BCUT2D eigenvalue weighted by Crippen LogP contribution is -2.25. The number of fused-ring (bicyclic) bond motifs is 1. The molecule has 6 nitrogen and oxygen atoms in total. The molecule has 0 atom stereocenters. The number of carbonyl (C=O) groups excluding carboxylic acids is 1. The highest BCUT2D eigenvalue weighted by Gasteiger charge is 2.12. The third-order valence-corrected chi connectivity index (χ3v) is 2.10. The first-order valence-corrected chi connectivity index (χ1v) is 4.75. The van der Waals surface area contributed by atoms with E-state index in [0.29, 0.717) is 11.0 Å². The standard InChI is InChI=1S/C11H9N3O3/c12-11(13)14-9(15)7-5-6-3-1-2-4-8(6)17-10(7)16/h1-5H,(H4,12,13,14,15). The van der Waals surface area contributed by atoms with Crippen LogP contribution in [0.5, 0.6) is 0 Å². The predicted molar refractivity (Wildman–Crippen MR) is 62.6 cm³/mol. The average molecular weight is 231 g/mol. The maximum Gasteiger partial charge on any atom is 0.349 e. The second-order valence-electron chi connectivity index (χ2n) is 3.33. The normalized spacial score (nSPS) is 10.1. The number of hydrogen-bond donors (Lipinski definition) is 2. The molecule has 1 amide bonds. The SMILES string of the molecule is NC(N)=NC(=O)c1cc2ccccc2oc1=O. The summed E-state index contributed by atoms with van der Waals surface area (Å²) in [4.78, 5) is 26.3. The highest BCUT2D eigenvalue weighted by molar-refractivity contribution is 6.03. The van der Waals surface area contributed by atoms with Crippen molar-refractivity contribution in [1.29, 1.82) is 0 Å².